The summed E-state index contributed by atoms with van der Waals surface area (Å²) in [5.41, 5.74) is 0.320. The summed E-state index contributed by atoms with van der Waals surface area (Å²) in [5, 5.41) is 6.88. The van der Waals surface area contributed by atoms with Gasteiger partial charge in [-0.1, -0.05) is 30.8 Å². The van der Waals surface area contributed by atoms with Crippen molar-refractivity contribution in [3.63, 3.8) is 0 Å². The highest BCUT2D eigenvalue weighted by Gasteiger charge is 2.37. The van der Waals surface area contributed by atoms with Gasteiger partial charge in [0.2, 0.25) is 5.91 Å². The monoisotopic (exact) mass is 305 g/mol. The van der Waals surface area contributed by atoms with Crippen molar-refractivity contribution in [2.45, 2.75) is 51.5 Å². The minimum absolute atomic E-state index is 0.0831. The summed E-state index contributed by atoms with van der Waals surface area (Å²) in [6.07, 6.45) is 7.11. The third kappa shape index (κ3) is 3.31. The summed E-state index contributed by atoms with van der Waals surface area (Å²) in [7, 11) is 0. The lowest BCUT2D eigenvalue weighted by molar-refractivity contribution is -0.129. The maximum atomic E-state index is 12.2. The average molecular weight is 305 g/mol. The van der Waals surface area contributed by atoms with Gasteiger partial charge in [-0.3, -0.25) is 9.59 Å². The minimum atomic E-state index is -0.157. The molecular formula is C16H23N3O3. The molecule has 0 spiro atoms. The van der Waals surface area contributed by atoms with E-state index in [9.17, 15) is 9.59 Å². The molecule has 1 aliphatic carbocycles. The molecule has 0 unspecified atom stereocenters. The first-order valence-electron chi connectivity index (χ1n) is 8.16. The third-order valence-corrected chi connectivity index (χ3v) is 4.59. The first-order chi connectivity index (χ1) is 10.6. The fourth-order valence-electron chi connectivity index (χ4n) is 3.18. The average Bonchev–Trinajstić information content (AvgIpc) is 2.71. The Balaban J connectivity index is 1.46. The number of likely N-dealkylation sites (tertiary alicyclic amines) is 1. The predicted octanol–water partition coefficient (Wildman–Crippen LogP) is 1.89. The predicted molar refractivity (Wildman–Crippen MR) is 80.3 cm³/mol. The van der Waals surface area contributed by atoms with E-state index in [-0.39, 0.29) is 17.7 Å². The normalized spacial score (nSPS) is 20.3. The molecule has 6 heteroatoms. The van der Waals surface area contributed by atoms with Crippen molar-refractivity contribution in [2.24, 2.45) is 5.92 Å². The highest BCUT2D eigenvalue weighted by atomic mass is 16.5. The molecule has 22 heavy (non-hydrogen) atoms. The van der Waals surface area contributed by atoms with E-state index in [2.05, 4.69) is 10.5 Å². The summed E-state index contributed by atoms with van der Waals surface area (Å²) >= 11 is 0. The molecule has 1 aromatic heterocycles. The maximum Gasteiger partial charge on any atom is 0.276 e. The van der Waals surface area contributed by atoms with Gasteiger partial charge < -0.3 is 14.7 Å². The second-order valence-corrected chi connectivity index (χ2v) is 6.43. The van der Waals surface area contributed by atoms with Crippen molar-refractivity contribution in [1.29, 1.82) is 0 Å². The number of aryl methyl sites for hydroxylation is 1. The fourth-order valence-corrected chi connectivity index (χ4v) is 3.18. The van der Waals surface area contributed by atoms with Crippen LogP contribution in [0.4, 0.5) is 0 Å². The first kappa shape index (κ1) is 15.1. The van der Waals surface area contributed by atoms with Crippen molar-refractivity contribution in [3.8, 4) is 0 Å². The zero-order valence-electron chi connectivity index (χ0n) is 13.0. The Morgan fingerprint density at radius 2 is 1.91 bits per heavy atom. The summed E-state index contributed by atoms with van der Waals surface area (Å²) in [6.45, 7) is 2.70. The van der Waals surface area contributed by atoms with Crippen LogP contribution in [0.5, 0.6) is 0 Å². The summed E-state index contributed by atoms with van der Waals surface area (Å²) < 4.78 is 4.91. The van der Waals surface area contributed by atoms with Gasteiger partial charge in [0, 0.05) is 25.2 Å². The molecular weight excluding hydrogens is 282 g/mol. The molecule has 3 rings (SSSR count). The van der Waals surface area contributed by atoms with E-state index in [1.54, 1.807) is 17.9 Å². The number of nitrogens with zero attached hydrogens (tertiary/aromatic N) is 2. The van der Waals surface area contributed by atoms with E-state index >= 15 is 0 Å². The van der Waals surface area contributed by atoms with E-state index in [4.69, 9.17) is 4.52 Å². The van der Waals surface area contributed by atoms with Crippen LogP contribution in [0, 0.1) is 12.8 Å². The summed E-state index contributed by atoms with van der Waals surface area (Å²) in [4.78, 5) is 26.0. The van der Waals surface area contributed by atoms with Crippen molar-refractivity contribution in [1.82, 2.24) is 15.4 Å². The number of carbonyl (C=O) groups is 2. The number of carbonyl (C=O) groups excluding carboxylic acids is 2. The zero-order chi connectivity index (χ0) is 15.5. The molecule has 1 saturated heterocycles. The number of hydrogen-bond acceptors (Lipinski definition) is 4. The highest BCUT2D eigenvalue weighted by Crippen LogP contribution is 2.21. The van der Waals surface area contributed by atoms with Crippen LogP contribution in [-0.4, -0.2) is 41.0 Å². The summed E-state index contributed by atoms with van der Waals surface area (Å²) in [5.74, 6) is 0.467. The molecule has 0 aromatic carbocycles. The molecule has 2 heterocycles. The van der Waals surface area contributed by atoms with Crippen LogP contribution in [0.25, 0.3) is 0 Å². The van der Waals surface area contributed by atoms with E-state index in [1.807, 2.05) is 0 Å². The van der Waals surface area contributed by atoms with Crippen molar-refractivity contribution in [3.05, 3.63) is 17.5 Å². The van der Waals surface area contributed by atoms with Gasteiger partial charge in [-0.25, -0.2) is 0 Å². The van der Waals surface area contributed by atoms with Crippen LogP contribution in [0.1, 0.15) is 54.8 Å². The molecule has 0 bridgehead atoms. The minimum Gasteiger partial charge on any atom is -0.361 e. The molecule has 2 fully saturated rings. The van der Waals surface area contributed by atoms with Crippen LogP contribution >= 0.6 is 0 Å². The molecule has 1 aliphatic heterocycles. The van der Waals surface area contributed by atoms with Crippen LogP contribution in [0.15, 0.2) is 10.6 Å². The molecule has 1 saturated carbocycles. The second kappa shape index (κ2) is 6.50. The smallest absolute Gasteiger partial charge is 0.276 e. The van der Waals surface area contributed by atoms with Crippen LogP contribution in [0.2, 0.25) is 0 Å². The Hall–Kier alpha value is -1.85. The Morgan fingerprint density at radius 1 is 1.23 bits per heavy atom. The number of nitrogens with one attached hydrogen (secondary N) is 1. The molecule has 1 N–H and O–H groups in total. The van der Waals surface area contributed by atoms with Gasteiger partial charge in [-0.2, -0.15) is 0 Å². The Bertz CT molecular complexity index is 541. The van der Waals surface area contributed by atoms with Crippen LogP contribution < -0.4 is 5.32 Å². The lowest BCUT2D eigenvalue weighted by atomic mass is 9.97. The molecule has 1 aromatic rings. The van der Waals surface area contributed by atoms with E-state index < -0.39 is 0 Å². The Kier molecular flexibility index (Phi) is 4.45. The highest BCUT2D eigenvalue weighted by molar-refractivity contribution is 5.94. The van der Waals surface area contributed by atoms with E-state index in [0.29, 0.717) is 30.6 Å². The largest absolute Gasteiger partial charge is 0.361 e. The second-order valence-electron chi connectivity index (χ2n) is 6.43. The molecule has 6 nitrogen and oxygen atoms in total. The quantitative estimate of drug-likeness (QED) is 0.865. The summed E-state index contributed by atoms with van der Waals surface area (Å²) in [6, 6.07) is 1.94. The third-order valence-electron chi connectivity index (χ3n) is 4.59. The van der Waals surface area contributed by atoms with Crippen LogP contribution in [-0.2, 0) is 4.79 Å². The van der Waals surface area contributed by atoms with Gasteiger partial charge in [0.1, 0.15) is 5.76 Å². The van der Waals surface area contributed by atoms with Gasteiger partial charge in [-0.05, 0) is 19.8 Å². The number of amides is 2. The fraction of sp³-hybridized carbons (Fsp3) is 0.688. The standard InChI is InChI=1S/C16H23N3O3/c1-11-8-14(18-22-11)16(21)19-9-12(10-19)15(20)17-13-6-4-2-3-5-7-13/h8,12-13H,2-7,9-10H2,1H3,(H,17,20). The van der Waals surface area contributed by atoms with E-state index in [0.717, 1.165) is 12.8 Å². The Labute approximate surface area is 130 Å². The lowest BCUT2D eigenvalue weighted by Gasteiger charge is -2.38. The van der Waals surface area contributed by atoms with Crippen LogP contribution in [0.3, 0.4) is 0 Å². The van der Waals surface area contributed by atoms with Gasteiger partial charge in [0.05, 0.1) is 5.92 Å². The maximum absolute atomic E-state index is 12.2. The van der Waals surface area contributed by atoms with Gasteiger partial charge in [0.15, 0.2) is 5.69 Å². The lowest BCUT2D eigenvalue weighted by Crippen LogP contribution is -2.56. The van der Waals surface area contributed by atoms with Gasteiger partial charge >= 0.3 is 0 Å². The SMILES string of the molecule is Cc1cc(C(=O)N2CC(C(=O)NC3CCCCCC3)C2)no1. The first-order valence-corrected chi connectivity index (χ1v) is 8.16. The van der Waals surface area contributed by atoms with Crippen molar-refractivity contribution >= 4 is 11.8 Å². The topological polar surface area (TPSA) is 75.4 Å². The van der Waals surface area contributed by atoms with Crippen molar-refractivity contribution in [2.75, 3.05) is 13.1 Å². The number of hydrogen-bond donors (Lipinski definition) is 1. The number of rotatable bonds is 3. The van der Waals surface area contributed by atoms with Crippen molar-refractivity contribution < 1.29 is 14.1 Å². The molecule has 2 aliphatic rings. The number of aromatic nitrogens is 1. The van der Waals surface area contributed by atoms with E-state index in [1.165, 1.54) is 25.7 Å². The zero-order valence-corrected chi connectivity index (χ0v) is 13.0. The molecule has 2 amide bonds. The molecule has 0 atom stereocenters. The van der Waals surface area contributed by atoms with Gasteiger partial charge in [0.25, 0.3) is 5.91 Å². The molecule has 0 radical (unpaired) electrons. The Morgan fingerprint density at radius 3 is 2.50 bits per heavy atom. The molecule has 120 valence electrons. The van der Waals surface area contributed by atoms with Gasteiger partial charge in [-0.15, -0.1) is 0 Å².